The summed E-state index contributed by atoms with van der Waals surface area (Å²) in [7, 11) is -3.80. The van der Waals surface area contributed by atoms with Crippen molar-refractivity contribution in [2.45, 2.75) is 25.3 Å². The third-order valence-electron chi connectivity index (χ3n) is 6.98. The average Bonchev–Trinajstić information content (AvgIpc) is 3.48. The van der Waals surface area contributed by atoms with Gasteiger partial charge in [0.25, 0.3) is 10.0 Å². The SMILES string of the molecule is Cc1cccc(C)c1NC(=O)N1CCN(c2ccc(N(Cc3cnc[nH]3)S(=O)(=O)c3ccccc3)cc2)CC1. The Hall–Kier alpha value is -4.31. The van der Waals surface area contributed by atoms with Crippen LogP contribution in [0.4, 0.5) is 21.9 Å². The number of imidazole rings is 1. The molecule has 10 heteroatoms. The van der Waals surface area contributed by atoms with Crippen LogP contribution in [0.15, 0.2) is 90.2 Å². The van der Waals surface area contributed by atoms with Crippen LogP contribution in [0.5, 0.6) is 0 Å². The van der Waals surface area contributed by atoms with E-state index in [1.54, 1.807) is 36.5 Å². The molecule has 1 aliphatic heterocycles. The van der Waals surface area contributed by atoms with E-state index in [0.717, 1.165) is 22.5 Å². The smallest absolute Gasteiger partial charge is 0.321 e. The Morgan fingerprint density at radius 2 is 1.59 bits per heavy atom. The molecule has 5 rings (SSSR count). The van der Waals surface area contributed by atoms with Crippen molar-refractivity contribution < 1.29 is 13.2 Å². The lowest BCUT2D eigenvalue weighted by molar-refractivity contribution is 0.208. The minimum atomic E-state index is -3.80. The Morgan fingerprint density at radius 3 is 2.21 bits per heavy atom. The van der Waals surface area contributed by atoms with E-state index in [9.17, 15) is 13.2 Å². The Balaban J connectivity index is 1.28. The monoisotopic (exact) mass is 544 g/mol. The Labute approximate surface area is 229 Å². The lowest BCUT2D eigenvalue weighted by Crippen LogP contribution is -2.50. The van der Waals surface area contributed by atoms with E-state index in [1.165, 1.54) is 10.6 Å². The third kappa shape index (κ3) is 5.75. The van der Waals surface area contributed by atoms with Gasteiger partial charge in [-0.3, -0.25) is 4.31 Å². The molecular weight excluding hydrogens is 512 g/mol. The van der Waals surface area contributed by atoms with Crippen molar-refractivity contribution in [1.82, 2.24) is 14.9 Å². The maximum atomic E-state index is 13.6. The minimum absolute atomic E-state index is 0.0945. The van der Waals surface area contributed by atoms with Crippen LogP contribution >= 0.6 is 0 Å². The Bertz CT molecular complexity index is 1500. The molecule has 1 fully saturated rings. The standard InChI is InChI=1S/C29H32N6O3S/c1-22-7-6-8-23(2)28(22)32-29(36)34-17-15-33(16-18-34)25-11-13-26(14-12-25)35(20-24-19-30-21-31-24)39(37,38)27-9-4-3-5-10-27/h3-14,19,21H,15-18,20H2,1-2H3,(H,30,31)(H,32,36). The van der Waals surface area contributed by atoms with Crippen LogP contribution in [-0.4, -0.2) is 55.5 Å². The van der Waals surface area contributed by atoms with E-state index < -0.39 is 10.0 Å². The number of hydrogen-bond acceptors (Lipinski definition) is 5. The number of rotatable bonds is 7. The molecule has 4 aromatic rings. The summed E-state index contributed by atoms with van der Waals surface area (Å²) in [6.45, 7) is 6.65. The molecule has 0 unspecified atom stereocenters. The predicted molar refractivity (Wildman–Crippen MR) is 154 cm³/mol. The van der Waals surface area contributed by atoms with Crippen LogP contribution in [0.3, 0.4) is 0 Å². The average molecular weight is 545 g/mol. The molecule has 1 aromatic heterocycles. The molecule has 2 amide bonds. The molecule has 0 spiro atoms. The molecule has 9 nitrogen and oxygen atoms in total. The third-order valence-corrected chi connectivity index (χ3v) is 8.77. The number of anilines is 3. The maximum absolute atomic E-state index is 13.6. The number of carbonyl (C=O) groups excluding carboxylic acids is 1. The number of piperazine rings is 1. The first-order chi connectivity index (χ1) is 18.8. The molecule has 2 N–H and O–H groups in total. The molecule has 0 aliphatic carbocycles. The van der Waals surface area contributed by atoms with E-state index in [4.69, 9.17) is 0 Å². The first-order valence-electron chi connectivity index (χ1n) is 12.8. The van der Waals surface area contributed by atoms with Crippen LogP contribution in [-0.2, 0) is 16.6 Å². The number of hydrogen-bond donors (Lipinski definition) is 2. The van der Waals surface area contributed by atoms with Gasteiger partial charge in [0.1, 0.15) is 0 Å². The molecule has 2 heterocycles. The summed E-state index contributed by atoms with van der Waals surface area (Å²) in [4.78, 5) is 24.2. The van der Waals surface area contributed by atoms with Crippen LogP contribution in [0.1, 0.15) is 16.8 Å². The van der Waals surface area contributed by atoms with E-state index >= 15 is 0 Å². The fourth-order valence-electron chi connectivity index (χ4n) is 4.76. The lowest BCUT2D eigenvalue weighted by Gasteiger charge is -2.36. The molecule has 0 atom stereocenters. The first kappa shape index (κ1) is 26.3. The Kier molecular flexibility index (Phi) is 7.56. The molecular formula is C29H32N6O3S. The minimum Gasteiger partial charge on any atom is -0.368 e. The van der Waals surface area contributed by atoms with Crippen LogP contribution in [0, 0.1) is 13.8 Å². The van der Waals surface area contributed by atoms with Crippen molar-refractivity contribution in [2.75, 3.05) is 40.7 Å². The predicted octanol–water partition coefficient (Wildman–Crippen LogP) is 4.78. The van der Waals surface area contributed by atoms with Gasteiger partial charge in [-0.2, -0.15) is 0 Å². The van der Waals surface area contributed by atoms with Crippen molar-refractivity contribution >= 4 is 33.1 Å². The number of amides is 2. The summed E-state index contributed by atoms with van der Waals surface area (Å²) in [6, 6.07) is 21.8. The Morgan fingerprint density at radius 1 is 0.923 bits per heavy atom. The zero-order valence-corrected chi connectivity index (χ0v) is 22.9. The highest BCUT2D eigenvalue weighted by Gasteiger charge is 2.26. The number of carbonyl (C=O) groups is 1. The number of urea groups is 1. The number of sulfonamides is 1. The second-order valence-electron chi connectivity index (χ2n) is 9.59. The van der Waals surface area contributed by atoms with Gasteiger partial charge in [-0.25, -0.2) is 18.2 Å². The second-order valence-corrected chi connectivity index (χ2v) is 11.5. The number of nitrogens with one attached hydrogen (secondary N) is 2. The van der Waals surface area contributed by atoms with Gasteiger partial charge in [-0.1, -0.05) is 36.4 Å². The summed E-state index contributed by atoms with van der Waals surface area (Å²) in [6.07, 6.45) is 3.16. The highest BCUT2D eigenvalue weighted by molar-refractivity contribution is 7.92. The molecule has 1 saturated heterocycles. The first-order valence-corrected chi connectivity index (χ1v) is 14.3. The summed E-state index contributed by atoms with van der Waals surface area (Å²) in [5.41, 5.74) is 5.17. The van der Waals surface area contributed by atoms with E-state index in [-0.39, 0.29) is 17.5 Å². The number of para-hydroxylation sites is 1. The van der Waals surface area contributed by atoms with Gasteiger partial charge >= 0.3 is 6.03 Å². The van der Waals surface area contributed by atoms with Gasteiger partial charge in [0, 0.05) is 43.8 Å². The van der Waals surface area contributed by atoms with E-state index in [1.807, 2.05) is 61.2 Å². The summed E-state index contributed by atoms with van der Waals surface area (Å²) < 4.78 is 28.5. The summed E-state index contributed by atoms with van der Waals surface area (Å²) in [5, 5.41) is 3.07. The van der Waals surface area contributed by atoms with Gasteiger partial charge in [0.05, 0.1) is 29.1 Å². The molecule has 39 heavy (non-hydrogen) atoms. The molecule has 202 valence electrons. The highest BCUT2D eigenvalue weighted by atomic mass is 32.2. The number of aromatic nitrogens is 2. The zero-order chi connectivity index (χ0) is 27.4. The number of benzene rings is 3. The van der Waals surface area contributed by atoms with Crippen molar-refractivity contribution in [2.24, 2.45) is 0 Å². The van der Waals surface area contributed by atoms with Crippen LogP contribution in [0.2, 0.25) is 0 Å². The highest BCUT2D eigenvalue weighted by Crippen LogP contribution is 2.28. The molecule has 0 bridgehead atoms. The van der Waals surface area contributed by atoms with Gasteiger partial charge in [-0.15, -0.1) is 0 Å². The zero-order valence-electron chi connectivity index (χ0n) is 22.0. The second kappa shape index (κ2) is 11.2. The normalized spacial score (nSPS) is 13.8. The number of aryl methyl sites for hydroxylation is 2. The molecule has 0 radical (unpaired) electrons. The van der Waals surface area contributed by atoms with Gasteiger partial charge in [0.2, 0.25) is 0 Å². The van der Waals surface area contributed by atoms with Gasteiger partial charge in [-0.05, 0) is 61.4 Å². The fourth-order valence-corrected chi connectivity index (χ4v) is 6.22. The number of H-pyrrole nitrogens is 1. The van der Waals surface area contributed by atoms with Crippen molar-refractivity contribution in [3.05, 3.63) is 102 Å². The lowest BCUT2D eigenvalue weighted by atomic mass is 10.1. The van der Waals surface area contributed by atoms with Crippen molar-refractivity contribution in [3.63, 3.8) is 0 Å². The number of aromatic amines is 1. The van der Waals surface area contributed by atoms with E-state index in [2.05, 4.69) is 20.2 Å². The van der Waals surface area contributed by atoms with Crippen LogP contribution < -0.4 is 14.5 Å². The van der Waals surface area contributed by atoms with Gasteiger partial charge in [0.15, 0.2) is 0 Å². The molecule has 0 saturated carbocycles. The van der Waals surface area contributed by atoms with Crippen molar-refractivity contribution in [3.8, 4) is 0 Å². The quantitative estimate of drug-likeness (QED) is 0.349. The van der Waals surface area contributed by atoms with Crippen molar-refractivity contribution in [1.29, 1.82) is 0 Å². The van der Waals surface area contributed by atoms with E-state index in [0.29, 0.717) is 37.6 Å². The van der Waals surface area contributed by atoms with Gasteiger partial charge < -0.3 is 20.1 Å². The fraction of sp³-hybridized carbons (Fsp3) is 0.241. The van der Waals surface area contributed by atoms with Crippen LogP contribution in [0.25, 0.3) is 0 Å². The molecule has 3 aromatic carbocycles. The largest absolute Gasteiger partial charge is 0.368 e. The molecule has 1 aliphatic rings. The maximum Gasteiger partial charge on any atom is 0.321 e. The summed E-state index contributed by atoms with van der Waals surface area (Å²) in [5.74, 6) is 0. The summed E-state index contributed by atoms with van der Waals surface area (Å²) >= 11 is 0. The number of nitrogens with zero attached hydrogens (tertiary/aromatic N) is 4. The topological polar surface area (TPSA) is 102 Å².